The average molecular weight is 311 g/mol. The van der Waals surface area contributed by atoms with Gasteiger partial charge in [-0.15, -0.1) is 0 Å². The lowest BCUT2D eigenvalue weighted by Crippen LogP contribution is -2.48. The van der Waals surface area contributed by atoms with Crippen molar-refractivity contribution in [3.05, 3.63) is 29.8 Å². The van der Waals surface area contributed by atoms with Gasteiger partial charge in [-0.2, -0.15) is 4.31 Å². The number of sulfonamides is 1. The molecule has 0 aliphatic carbocycles. The first-order valence-corrected chi connectivity index (χ1v) is 8.92. The quantitative estimate of drug-likeness (QED) is 0.890. The molecule has 0 radical (unpaired) electrons. The third-order valence-corrected chi connectivity index (χ3v) is 6.10. The lowest BCUT2D eigenvalue weighted by molar-refractivity contribution is 0.196. The van der Waals surface area contributed by atoms with Crippen LogP contribution in [0.3, 0.4) is 0 Å². The molecule has 0 saturated carbocycles. The van der Waals surface area contributed by atoms with Crippen molar-refractivity contribution in [1.82, 2.24) is 14.5 Å². The Morgan fingerprint density at radius 2 is 1.90 bits per heavy atom. The molecule has 1 aromatic carbocycles. The maximum atomic E-state index is 12.7. The number of nitrogens with zero attached hydrogens (tertiary/aromatic N) is 2. The Bertz CT molecular complexity index is 566. The second-order valence-electron chi connectivity index (χ2n) is 5.42. The van der Waals surface area contributed by atoms with E-state index in [4.69, 9.17) is 0 Å². The number of benzene rings is 1. The van der Waals surface area contributed by atoms with E-state index in [1.807, 2.05) is 26.1 Å². The van der Waals surface area contributed by atoms with Crippen molar-refractivity contribution in [2.45, 2.75) is 24.8 Å². The van der Waals surface area contributed by atoms with E-state index in [0.717, 1.165) is 25.2 Å². The van der Waals surface area contributed by atoms with Crippen LogP contribution in [-0.4, -0.2) is 57.4 Å². The first kappa shape index (κ1) is 16.4. The van der Waals surface area contributed by atoms with Crippen LogP contribution in [0.15, 0.2) is 29.2 Å². The van der Waals surface area contributed by atoms with Crippen LogP contribution in [0.5, 0.6) is 0 Å². The van der Waals surface area contributed by atoms with Gasteiger partial charge >= 0.3 is 0 Å². The van der Waals surface area contributed by atoms with Crippen molar-refractivity contribution in [3.63, 3.8) is 0 Å². The van der Waals surface area contributed by atoms with Crippen LogP contribution < -0.4 is 5.32 Å². The van der Waals surface area contributed by atoms with Crippen molar-refractivity contribution >= 4 is 10.0 Å². The molecule has 1 saturated heterocycles. The Hall–Kier alpha value is -0.950. The molecule has 2 rings (SSSR count). The molecule has 1 heterocycles. The van der Waals surface area contributed by atoms with Crippen molar-refractivity contribution in [3.8, 4) is 0 Å². The number of likely N-dealkylation sites (N-methyl/N-ethyl adjacent to an activating group) is 1. The molecule has 0 spiro atoms. The SMILES string of the molecule is CCN1CCN(S(=O)(=O)c2cccc(C(C)NC)c2)CC1. The molecule has 1 atom stereocenters. The highest BCUT2D eigenvalue weighted by molar-refractivity contribution is 7.89. The molecule has 21 heavy (non-hydrogen) atoms. The lowest BCUT2D eigenvalue weighted by Gasteiger charge is -2.33. The summed E-state index contributed by atoms with van der Waals surface area (Å²) in [5.74, 6) is 0. The highest BCUT2D eigenvalue weighted by atomic mass is 32.2. The number of hydrogen-bond donors (Lipinski definition) is 1. The molecule has 0 bridgehead atoms. The first-order valence-electron chi connectivity index (χ1n) is 7.48. The van der Waals surface area contributed by atoms with Crippen LogP contribution in [0.2, 0.25) is 0 Å². The molecular weight excluding hydrogens is 286 g/mol. The monoisotopic (exact) mass is 311 g/mol. The van der Waals surface area contributed by atoms with Gasteiger partial charge in [0, 0.05) is 32.2 Å². The van der Waals surface area contributed by atoms with Gasteiger partial charge in [0.15, 0.2) is 0 Å². The van der Waals surface area contributed by atoms with Gasteiger partial charge in [-0.05, 0) is 38.2 Å². The molecule has 1 fully saturated rings. The second-order valence-corrected chi connectivity index (χ2v) is 7.36. The van der Waals surface area contributed by atoms with Gasteiger partial charge in [-0.25, -0.2) is 8.42 Å². The van der Waals surface area contributed by atoms with Crippen molar-refractivity contribution < 1.29 is 8.42 Å². The third kappa shape index (κ3) is 3.63. The number of piperazine rings is 1. The molecule has 5 nitrogen and oxygen atoms in total. The van der Waals surface area contributed by atoms with E-state index in [-0.39, 0.29) is 6.04 Å². The Labute approximate surface area is 128 Å². The first-order chi connectivity index (χ1) is 9.98. The van der Waals surface area contributed by atoms with Crippen molar-refractivity contribution in [1.29, 1.82) is 0 Å². The van der Waals surface area contributed by atoms with Gasteiger partial charge in [-0.1, -0.05) is 19.1 Å². The highest BCUT2D eigenvalue weighted by Crippen LogP contribution is 2.21. The summed E-state index contributed by atoms with van der Waals surface area (Å²) >= 11 is 0. The van der Waals surface area contributed by atoms with E-state index in [1.165, 1.54) is 0 Å². The standard InChI is InChI=1S/C15H25N3O2S/c1-4-17-8-10-18(11-9-17)21(19,20)15-7-5-6-14(12-15)13(2)16-3/h5-7,12-13,16H,4,8-11H2,1-3H3. The second kappa shape index (κ2) is 6.87. The van der Waals surface area contributed by atoms with E-state index in [1.54, 1.807) is 16.4 Å². The Kier molecular flexibility index (Phi) is 5.37. The van der Waals surface area contributed by atoms with E-state index in [0.29, 0.717) is 18.0 Å². The smallest absolute Gasteiger partial charge is 0.243 e. The van der Waals surface area contributed by atoms with E-state index < -0.39 is 10.0 Å². The lowest BCUT2D eigenvalue weighted by atomic mass is 10.1. The molecule has 1 unspecified atom stereocenters. The van der Waals surface area contributed by atoms with Crippen LogP contribution in [0, 0.1) is 0 Å². The van der Waals surface area contributed by atoms with Crippen LogP contribution in [0.1, 0.15) is 25.5 Å². The summed E-state index contributed by atoms with van der Waals surface area (Å²) in [5.41, 5.74) is 0.991. The number of nitrogens with one attached hydrogen (secondary N) is 1. The van der Waals surface area contributed by atoms with Crippen molar-refractivity contribution in [2.24, 2.45) is 0 Å². The zero-order valence-electron chi connectivity index (χ0n) is 13.0. The van der Waals surface area contributed by atoms with Gasteiger partial charge < -0.3 is 10.2 Å². The summed E-state index contributed by atoms with van der Waals surface area (Å²) in [6.45, 7) is 7.86. The molecule has 118 valence electrons. The van der Waals surface area contributed by atoms with Crippen LogP contribution in [-0.2, 0) is 10.0 Å². The fourth-order valence-electron chi connectivity index (χ4n) is 2.55. The molecular formula is C15H25N3O2S. The van der Waals surface area contributed by atoms with Gasteiger partial charge in [0.05, 0.1) is 4.90 Å². The molecule has 0 aromatic heterocycles. The van der Waals surface area contributed by atoms with E-state index >= 15 is 0 Å². The zero-order chi connectivity index (χ0) is 15.5. The molecule has 1 aliphatic rings. The third-order valence-electron chi connectivity index (χ3n) is 4.21. The summed E-state index contributed by atoms with van der Waals surface area (Å²) in [6, 6.07) is 7.38. The topological polar surface area (TPSA) is 52.7 Å². The normalized spacial score (nSPS) is 19.6. The summed E-state index contributed by atoms with van der Waals surface area (Å²) in [7, 11) is -1.51. The summed E-state index contributed by atoms with van der Waals surface area (Å²) in [6.07, 6.45) is 0. The Morgan fingerprint density at radius 3 is 2.48 bits per heavy atom. The summed E-state index contributed by atoms with van der Waals surface area (Å²) < 4.78 is 27.1. The van der Waals surface area contributed by atoms with Crippen molar-refractivity contribution in [2.75, 3.05) is 39.8 Å². The van der Waals surface area contributed by atoms with Gasteiger partial charge in [0.2, 0.25) is 10.0 Å². The minimum atomic E-state index is -3.38. The fraction of sp³-hybridized carbons (Fsp3) is 0.600. The van der Waals surface area contributed by atoms with E-state index in [9.17, 15) is 8.42 Å². The van der Waals surface area contributed by atoms with Crippen LogP contribution >= 0.6 is 0 Å². The highest BCUT2D eigenvalue weighted by Gasteiger charge is 2.28. The van der Waals surface area contributed by atoms with Crippen LogP contribution in [0.25, 0.3) is 0 Å². The number of rotatable bonds is 5. The van der Waals surface area contributed by atoms with Gasteiger partial charge in [-0.3, -0.25) is 0 Å². The maximum absolute atomic E-state index is 12.7. The Morgan fingerprint density at radius 1 is 1.24 bits per heavy atom. The molecule has 0 amide bonds. The minimum absolute atomic E-state index is 0.136. The largest absolute Gasteiger partial charge is 0.313 e. The Balaban J connectivity index is 2.20. The van der Waals surface area contributed by atoms with Gasteiger partial charge in [0.1, 0.15) is 0 Å². The summed E-state index contributed by atoms with van der Waals surface area (Å²) in [4.78, 5) is 2.66. The number of hydrogen-bond acceptors (Lipinski definition) is 4. The van der Waals surface area contributed by atoms with E-state index in [2.05, 4.69) is 17.1 Å². The van der Waals surface area contributed by atoms with Crippen LogP contribution in [0.4, 0.5) is 0 Å². The molecule has 1 aliphatic heterocycles. The maximum Gasteiger partial charge on any atom is 0.243 e. The predicted octanol–water partition coefficient (Wildman–Crippen LogP) is 1.29. The summed E-state index contributed by atoms with van der Waals surface area (Å²) in [5, 5.41) is 3.14. The zero-order valence-corrected chi connectivity index (χ0v) is 13.9. The molecule has 1 N–H and O–H groups in total. The fourth-order valence-corrected chi connectivity index (χ4v) is 4.02. The average Bonchev–Trinajstić information content (AvgIpc) is 2.54. The molecule has 1 aromatic rings. The predicted molar refractivity (Wildman–Crippen MR) is 84.8 cm³/mol. The minimum Gasteiger partial charge on any atom is -0.313 e. The molecule has 6 heteroatoms. The van der Waals surface area contributed by atoms with Gasteiger partial charge in [0.25, 0.3) is 0 Å².